The first-order valence-corrected chi connectivity index (χ1v) is 10.6. The van der Waals surface area contributed by atoms with Gasteiger partial charge in [-0.15, -0.1) is 0 Å². The molecule has 0 spiro atoms. The molecule has 0 aliphatic heterocycles. The molecule has 1 aromatic carbocycles. The number of anilines is 2. The Labute approximate surface area is 187 Å². The summed E-state index contributed by atoms with van der Waals surface area (Å²) < 4.78 is 8.41. The summed E-state index contributed by atoms with van der Waals surface area (Å²) in [7, 11) is 0. The highest BCUT2D eigenvalue weighted by molar-refractivity contribution is 8.01. The molecule has 0 saturated heterocycles. The predicted molar refractivity (Wildman–Crippen MR) is 122 cm³/mol. The zero-order valence-corrected chi connectivity index (χ0v) is 18.1. The van der Waals surface area contributed by atoms with Crippen LogP contribution in [0.5, 0.6) is 0 Å². The van der Waals surface area contributed by atoms with E-state index in [4.69, 9.17) is 21.3 Å². The lowest BCUT2D eigenvalue weighted by Crippen LogP contribution is -2.10. The SMILES string of the molecule is CC(C)SNc1cnc2nc(-c3cc(NC(=O)c4ccc(C#N)o4)ccc3Cl)[nH]c2c1. The van der Waals surface area contributed by atoms with Crippen molar-refractivity contribution in [3.05, 3.63) is 59.1 Å². The summed E-state index contributed by atoms with van der Waals surface area (Å²) in [5.74, 6) is 0.166. The summed E-state index contributed by atoms with van der Waals surface area (Å²) in [6, 6.07) is 11.7. The third kappa shape index (κ3) is 4.66. The first-order valence-electron chi connectivity index (χ1n) is 9.31. The van der Waals surface area contributed by atoms with Crippen LogP contribution in [0.1, 0.15) is 30.2 Å². The van der Waals surface area contributed by atoms with Crippen LogP contribution in [0, 0.1) is 11.3 Å². The lowest BCUT2D eigenvalue weighted by molar-refractivity contribution is 0.0996. The number of carbonyl (C=O) groups is 1. The number of imidazole rings is 1. The van der Waals surface area contributed by atoms with Crippen LogP contribution < -0.4 is 10.0 Å². The molecule has 3 heterocycles. The van der Waals surface area contributed by atoms with E-state index in [0.717, 1.165) is 11.2 Å². The average molecular weight is 453 g/mol. The van der Waals surface area contributed by atoms with Gasteiger partial charge in [0.25, 0.3) is 5.91 Å². The second-order valence-electron chi connectivity index (χ2n) is 6.87. The van der Waals surface area contributed by atoms with Crippen LogP contribution in [0.4, 0.5) is 11.4 Å². The number of aromatic amines is 1. The summed E-state index contributed by atoms with van der Waals surface area (Å²) >= 11 is 7.98. The minimum Gasteiger partial charge on any atom is -0.440 e. The molecule has 4 rings (SSSR count). The molecule has 4 aromatic rings. The Hall–Kier alpha value is -3.48. The van der Waals surface area contributed by atoms with E-state index in [-0.39, 0.29) is 11.5 Å². The number of amides is 1. The van der Waals surface area contributed by atoms with Gasteiger partial charge >= 0.3 is 0 Å². The Balaban J connectivity index is 1.59. The molecule has 0 saturated carbocycles. The molecule has 8 nitrogen and oxygen atoms in total. The van der Waals surface area contributed by atoms with Crippen molar-refractivity contribution < 1.29 is 9.21 Å². The molecule has 0 atom stereocenters. The molecule has 0 aliphatic carbocycles. The Morgan fingerprint density at radius 1 is 1.26 bits per heavy atom. The maximum atomic E-state index is 12.4. The standard InChI is InChI=1S/C21H17ClN6O2S/c1-11(2)31-28-13-8-17-20(24-10-13)27-19(26-17)15-7-12(3-5-16(15)22)25-21(29)18-6-4-14(9-23)30-18/h3-8,10-11,28H,1-2H3,(H,25,29)(H,24,26,27). The Bertz CT molecular complexity index is 1310. The third-order valence-corrected chi connectivity index (χ3v) is 5.32. The first-order chi connectivity index (χ1) is 14.9. The summed E-state index contributed by atoms with van der Waals surface area (Å²) in [6.45, 7) is 4.19. The van der Waals surface area contributed by atoms with E-state index in [1.165, 1.54) is 12.1 Å². The van der Waals surface area contributed by atoms with E-state index in [1.807, 2.05) is 12.1 Å². The van der Waals surface area contributed by atoms with Crippen molar-refractivity contribution in [1.29, 1.82) is 5.26 Å². The van der Waals surface area contributed by atoms with Gasteiger partial charge in [-0.2, -0.15) is 5.26 Å². The molecule has 0 bridgehead atoms. The monoisotopic (exact) mass is 452 g/mol. The number of carbonyl (C=O) groups excluding carboxylic acids is 1. The smallest absolute Gasteiger partial charge is 0.291 e. The van der Waals surface area contributed by atoms with Gasteiger partial charge in [0.1, 0.15) is 11.9 Å². The minimum absolute atomic E-state index is 0.0419. The van der Waals surface area contributed by atoms with E-state index in [2.05, 4.69) is 38.8 Å². The lowest BCUT2D eigenvalue weighted by atomic mass is 10.2. The van der Waals surface area contributed by atoms with Crippen molar-refractivity contribution in [2.45, 2.75) is 19.1 Å². The number of nitrogens with zero attached hydrogens (tertiary/aromatic N) is 3. The maximum absolute atomic E-state index is 12.4. The summed E-state index contributed by atoms with van der Waals surface area (Å²) in [6.07, 6.45) is 1.72. The van der Waals surface area contributed by atoms with Crippen LogP contribution >= 0.6 is 23.5 Å². The number of nitrogens with one attached hydrogen (secondary N) is 3. The highest BCUT2D eigenvalue weighted by Crippen LogP contribution is 2.31. The number of fused-ring (bicyclic) bond motifs is 1. The minimum atomic E-state index is -0.473. The molecule has 31 heavy (non-hydrogen) atoms. The van der Waals surface area contributed by atoms with Crippen LogP contribution in [0.2, 0.25) is 5.02 Å². The Kier molecular flexibility index (Phi) is 5.84. The quantitative estimate of drug-likeness (QED) is 0.332. The van der Waals surface area contributed by atoms with E-state index < -0.39 is 5.91 Å². The van der Waals surface area contributed by atoms with Crippen molar-refractivity contribution in [2.75, 3.05) is 10.0 Å². The van der Waals surface area contributed by atoms with Gasteiger partial charge in [0.05, 0.1) is 22.4 Å². The molecule has 1 amide bonds. The Morgan fingerprint density at radius 3 is 2.84 bits per heavy atom. The van der Waals surface area contributed by atoms with Crippen molar-refractivity contribution >= 4 is 52.0 Å². The van der Waals surface area contributed by atoms with Gasteiger partial charge in [0.2, 0.25) is 5.76 Å². The number of furan rings is 1. The van der Waals surface area contributed by atoms with Gasteiger partial charge < -0.3 is 19.4 Å². The number of benzene rings is 1. The normalized spacial score (nSPS) is 10.9. The van der Waals surface area contributed by atoms with Gasteiger partial charge in [-0.1, -0.05) is 25.4 Å². The van der Waals surface area contributed by atoms with Crippen molar-refractivity contribution in [3.8, 4) is 17.5 Å². The molecule has 0 unspecified atom stereocenters. The first kappa shape index (κ1) is 20.8. The zero-order chi connectivity index (χ0) is 22.0. The van der Waals surface area contributed by atoms with Crippen LogP contribution in [-0.2, 0) is 0 Å². The highest BCUT2D eigenvalue weighted by Gasteiger charge is 2.15. The number of pyridine rings is 1. The summed E-state index contributed by atoms with van der Waals surface area (Å²) in [5.41, 5.74) is 3.29. The number of hydrogen-bond donors (Lipinski definition) is 3. The van der Waals surface area contributed by atoms with Gasteiger partial charge in [0.15, 0.2) is 11.4 Å². The number of aromatic nitrogens is 3. The number of halogens is 1. The second-order valence-corrected chi connectivity index (χ2v) is 8.66. The van der Waals surface area contributed by atoms with Crippen molar-refractivity contribution in [1.82, 2.24) is 15.0 Å². The van der Waals surface area contributed by atoms with Gasteiger partial charge in [-0.3, -0.25) is 4.79 Å². The molecule has 3 aromatic heterocycles. The van der Waals surface area contributed by atoms with E-state index >= 15 is 0 Å². The highest BCUT2D eigenvalue weighted by atomic mass is 35.5. The molecule has 0 fully saturated rings. The zero-order valence-electron chi connectivity index (χ0n) is 16.6. The molecule has 0 radical (unpaired) electrons. The average Bonchev–Trinajstić information content (AvgIpc) is 3.40. The molecule has 156 valence electrons. The predicted octanol–water partition coefficient (Wildman–Crippen LogP) is 5.46. The summed E-state index contributed by atoms with van der Waals surface area (Å²) in [4.78, 5) is 24.5. The topological polar surface area (TPSA) is 120 Å². The van der Waals surface area contributed by atoms with Crippen LogP contribution in [0.15, 0.2) is 47.0 Å². The largest absolute Gasteiger partial charge is 0.440 e. The van der Waals surface area contributed by atoms with E-state index in [9.17, 15) is 4.79 Å². The van der Waals surface area contributed by atoms with E-state index in [0.29, 0.717) is 33.0 Å². The van der Waals surface area contributed by atoms with Crippen LogP contribution in [0.3, 0.4) is 0 Å². The fraction of sp³-hybridized carbons (Fsp3) is 0.143. The number of rotatable bonds is 6. The fourth-order valence-corrected chi connectivity index (χ4v) is 3.46. The molecule has 3 N–H and O–H groups in total. The number of nitriles is 1. The van der Waals surface area contributed by atoms with Gasteiger partial charge in [0, 0.05) is 16.5 Å². The molecular weight excluding hydrogens is 436 g/mol. The van der Waals surface area contributed by atoms with Crippen LogP contribution in [-0.4, -0.2) is 26.1 Å². The maximum Gasteiger partial charge on any atom is 0.291 e. The second kappa shape index (κ2) is 8.71. The van der Waals surface area contributed by atoms with E-state index in [1.54, 1.807) is 36.3 Å². The van der Waals surface area contributed by atoms with Crippen LogP contribution in [0.25, 0.3) is 22.6 Å². The van der Waals surface area contributed by atoms with Crippen molar-refractivity contribution in [2.24, 2.45) is 0 Å². The Morgan fingerprint density at radius 2 is 2.10 bits per heavy atom. The molecular formula is C21H17ClN6O2S. The lowest BCUT2D eigenvalue weighted by Gasteiger charge is -2.07. The molecule has 10 heteroatoms. The van der Waals surface area contributed by atoms with Gasteiger partial charge in [-0.05, 0) is 48.3 Å². The molecule has 0 aliphatic rings. The van der Waals surface area contributed by atoms with Gasteiger partial charge in [-0.25, -0.2) is 9.97 Å². The van der Waals surface area contributed by atoms with Crippen molar-refractivity contribution in [3.63, 3.8) is 0 Å². The summed E-state index contributed by atoms with van der Waals surface area (Å²) in [5, 5.41) is 12.5. The number of hydrogen-bond acceptors (Lipinski definition) is 7. The fourth-order valence-electron chi connectivity index (χ4n) is 2.77. The third-order valence-electron chi connectivity index (χ3n) is 4.17. The number of H-pyrrole nitrogens is 1.